The normalized spacial score (nSPS) is 20.1. The Morgan fingerprint density at radius 3 is 2.54 bits per heavy atom. The van der Waals surface area contributed by atoms with E-state index in [2.05, 4.69) is 49.2 Å². The first-order valence-corrected chi connectivity index (χ1v) is 12.5. The molecular weight excluding hydrogens is 464 g/mol. The number of hydrogen-bond acceptors (Lipinski definition) is 4. The van der Waals surface area contributed by atoms with E-state index in [0.717, 1.165) is 48.5 Å². The van der Waals surface area contributed by atoms with E-state index < -0.39 is 6.09 Å². The van der Waals surface area contributed by atoms with Crippen LogP contribution in [0.5, 0.6) is 5.75 Å². The first-order chi connectivity index (χ1) is 16.7. The Balaban J connectivity index is 1.35. The lowest BCUT2D eigenvalue weighted by Gasteiger charge is -2.29. The van der Waals surface area contributed by atoms with Gasteiger partial charge in [-0.25, -0.2) is 4.79 Å². The molecule has 8 heteroatoms. The summed E-state index contributed by atoms with van der Waals surface area (Å²) in [5, 5.41) is 19.2. The fourth-order valence-electron chi connectivity index (χ4n) is 5.09. The maximum absolute atomic E-state index is 11.8. The molecule has 1 aliphatic heterocycles. The molecular formula is C27H31ClN4O3. The number of nitrogens with zero attached hydrogens (tertiary/aromatic N) is 4. The van der Waals surface area contributed by atoms with E-state index >= 15 is 0 Å². The molecule has 0 atom stereocenters. The number of amides is 1. The number of aromatic nitrogens is 3. The molecule has 0 radical (unpaired) electrons. The van der Waals surface area contributed by atoms with Crippen molar-refractivity contribution in [2.75, 3.05) is 0 Å². The minimum absolute atomic E-state index is 0.0826. The maximum atomic E-state index is 11.8. The molecule has 35 heavy (non-hydrogen) atoms. The molecule has 0 spiro atoms. The van der Waals surface area contributed by atoms with Gasteiger partial charge in [-0.15, -0.1) is 10.2 Å². The number of carboxylic acid groups (broad SMARTS) is 1. The SMILES string of the molecule is CC(C)(C)c1cccc(OC2CCC(c3nnc4n3-c3ccc(Cl)cc3CN(C(=O)O)C4)CC2)c1. The molecule has 3 aromatic rings. The monoisotopic (exact) mass is 494 g/mol. The third kappa shape index (κ3) is 4.87. The van der Waals surface area contributed by atoms with Crippen LogP contribution in [0.3, 0.4) is 0 Å². The summed E-state index contributed by atoms with van der Waals surface area (Å²) in [6.07, 6.45) is 2.92. The topological polar surface area (TPSA) is 80.5 Å². The van der Waals surface area contributed by atoms with Gasteiger partial charge in [0.05, 0.1) is 24.9 Å². The second-order valence-corrected chi connectivity index (χ2v) is 11.0. The Bertz CT molecular complexity index is 1240. The molecule has 1 fully saturated rings. The fourth-order valence-corrected chi connectivity index (χ4v) is 5.29. The Kier molecular flexibility index (Phi) is 6.21. The van der Waals surface area contributed by atoms with E-state index in [1.54, 1.807) is 0 Å². The minimum atomic E-state index is -0.984. The molecule has 2 heterocycles. The third-order valence-electron chi connectivity index (χ3n) is 7.04. The number of carbonyl (C=O) groups is 1. The van der Waals surface area contributed by atoms with Crippen LogP contribution < -0.4 is 4.74 Å². The maximum Gasteiger partial charge on any atom is 0.408 e. The van der Waals surface area contributed by atoms with Crippen molar-refractivity contribution in [1.29, 1.82) is 0 Å². The van der Waals surface area contributed by atoms with E-state index in [9.17, 15) is 9.90 Å². The number of rotatable bonds is 3. The molecule has 5 rings (SSSR count). The molecule has 1 saturated carbocycles. The van der Waals surface area contributed by atoms with Gasteiger partial charge in [0, 0.05) is 10.9 Å². The standard InChI is InChI=1S/C27H31ClN4O3/c1-27(2,3)19-5-4-6-22(14-19)35-21-10-7-17(8-11-21)25-30-29-24-16-31(26(33)34)15-18-13-20(28)9-12-23(18)32(24)25/h4-6,9,12-14,17,21H,7-8,10-11,15-16H2,1-3H3,(H,33,34). The first kappa shape index (κ1) is 23.7. The molecule has 1 aromatic heterocycles. The molecule has 1 amide bonds. The highest BCUT2D eigenvalue weighted by Gasteiger charge is 2.32. The largest absolute Gasteiger partial charge is 0.490 e. The van der Waals surface area contributed by atoms with Gasteiger partial charge >= 0.3 is 6.09 Å². The lowest BCUT2D eigenvalue weighted by atomic mass is 9.86. The van der Waals surface area contributed by atoms with Gasteiger partial charge in [-0.05, 0) is 72.6 Å². The van der Waals surface area contributed by atoms with Gasteiger partial charge in [-0.1, -0.05) is 44.5 Å². The summed E-state index contributed by atoms with van der Waals surface area (Å²) in [5.41, 5.74) is 3.11. The predicted octanol–water partition coefficient (Wildman–Crippen LogP) is 6.32. The summed E-state index contributed by atoms with van der Waals surface area (Å²) in [7, 11) is 0. The molecule has 1 N–H and O–H groups in total. The average molecular weight is 495 g/mol. The van der Waals surface area contributed by atoms with Gasteiger partial charge in [-0.3, -0.25) is 9.47 Å². The van der Waals surface area contributed by atoms with Crippen molar-refractivity contribution in [2.45, 2.75) is 77.0 Å². The van der Waals surface area contributed by atoms with Crippen LogP contribution in [0.15, 0.2) is 42.5 Å². The Labute approximate surface area is 210 Å². The van der Waals surface area contributed by atoms with E-state index in [1.165, 1.54) is 10.5 Å². The quantitative estimate of drug-likeness (QED) is 0.461. The van der Waals surface area contributed by atoms with Crippen LogP contribution >= 0.6 is 11.6 Å². The second-order valence-electron chi connectivity index (χ2n) is 10.6. The van der Waals surface area contributed by atoms with Crippen molar-refractivity contribution < 1.29 is 14.6 Å². The summed E-state index contributed by atoms with van der Waals surface area (Å²) in [6.45, 7) is 7.08. The molecule has 0 saturated heterocycles. The number of ether oxygens (including phenoxy) is 1. The highest BCUT2D eigenvalue weighted by molar-refractivity contribution is 6.30. The zero-order chi connectivity index (χ0) is 24.7. The zero-order valence-corrected chi connectivity index (χ0v) is 21.1. The van der Waals surface area contributed by atoms with Gasteiger partial charge in [0.25, 0.3) is 0 Å². The predicted molar refractivity (Wildman–Crippen MR) is 134 cm³/mol. The van der Waals surface area contributed by atoms with Crippen molar-refractivity contribution in [3.63, 3.8) is 0 Å². The van der Waals surface area contributed by atoms with Crippen LogP contribution in [0.4, 0.5) is 4.79 Å². The summed E-state index contributed by atoms with van der Waals surface area (Å²) in [4.78, 5) is 13.2. The Morgan fingerprint density at radius 1 is 1.06 bits per heavy atom. The highest BCUT2D eigenvalue weighted by Crippen LogP contribution is 2.37. The summed E-state index contributed by atoms with van der Waals surface area (Å²) >= 11 is 6.24. The van der Waals surface area contributed by atoms with Crippen LogP contribution in [0.2, 0.25) is 5.02 Å². The van der Waals surface area contributed by atoms with Crippen LogP contribution in [-0.4, -0.2) is 37.0 Å². The zero-order valence-electron chi connectivity index (χ0n) is 20.4. The lowest BCUT2D eigenvalue weighted by molar-refractivity contribution is 0.138. The molecule has 0 bridgehead atoms. The van der Waals surface area contributed by atoms with E-state index in [4.69, 9.17) is 16.3 Å². The first-order valence-electron chi connectivity index (χ1n) is 12.2. The Morgan fingerprint density at radius 2 is 1.83 bits per heavy atom. The van der Waals surface area contributed by atoms with E-state index in [-0.39, 0.29) is 30.5 Å². The third-order valence-corrected chi connectivity index (χ3v) is 7.28. The summed E-state index contributed by atoms with van der Waals surface area (Å²) in [5.74, 6) is 2.69. The number of halogens is 1. The van der Waals surface area contributed by atoms with Crippen molar-refractivity contribution in [3.8, 4) is 11.4 Å². The average Bonchev–Trinajstić information content (AvgIpc) is 3.14. The number of hydrogen-bond donors (Lipinski definition) is 1. The molecule has 2 aromatic carbocycles. The van der Waals surface area contributed by atoms with Gasteiger partial charge in [-0.2, -0.15) is 0 Å². The van der Waals surface area contributed by atoms with Gasteiger partial charge in [0.1, 0.15) is 11.6 Å². The smallest absolute Gasteiger partial charge is 0.408 e. The molecule has 1 aliphatic carbocycles. The number of benzene rings is 2. The molecule has 0 unspecified atom stereocenters. The fraction of sp³-hybridized carbons (Fsp3) is 0.444. The highest BCUT2D eigenvalue weighted by atomic mass is 35.5. The van der Waals surface area contributed by atoms with Crippen LogP contribution in [0, 0.1) is 0 Å². The van der Waals surface area contributed by atoms with Gasteiger partial charge in [0.2, 0.25) is 0 Å². The number of fused-ring (bicyclic) bond motifs is 3. The Hall–Kier alpha value is -3.06. The molecule has 7 nitrogen and oxygen atoms in total. The van der Waals surface area contributed by atoms with E-state index in [0.29, 0.717) is 10.8 Å². The van der Waals surface area contributed by atoms with Crippen LogP contribution in [0.25, 0.3) is 5.69 Å². The van der Waals surface area contributed by atoms with Crippen LogP contribution in [0.1, 0.15) is 75.1 Å². The molecule has 2 aliphatic rings. The second kappa shape index (κ2) is 9.19. The van der Waals surface area contributed by atoms with Gasteiger partial charge < -0.3 is 9.84 Å². The van der Waals surface area contributed by atoms with Crippen molar-refractivity contribution >= 4 is 17.7 Å². The van der Waals surface area contributed by atoms with E-state index in [1.807, 2.05) is 28.8 Å². The van der Waals surface area contributed by atoms with Crippen LogP contribution in [-0.2, 0) is 18.5 Å². The minimum Gasteiger partial charge on any atom is -0.490 e. The van der Waals surface area contributed by atoms with Crippen molar-refractivity contribution in [1.82, 2.24) is 19.7 Å². The summed E-state index contributed by atoms with van der Waals surface area (Å²) in [6, 6.07) is 14.0. The van der Waals surface area contributed by atoms with Crippen molar-refractivity contribution in [3.05, 3.63) is 70.3 Å². The molecule has 184 valence electrons. The van der Waals surface area contributed by atoms with Crippen molar-refractivity contribution in [2.24, 2.45) is 0 Å². The summed E-state index contributed by atoms with van der Waals surface area (Å²) < 4.78 is 8.42. The lowest BCUT2D eigenvalue weighted by Crippen LogP contribution is -2.28. The van der Waals surface area contributed by atoms with Gasteiger partial charge in [0.15, 0.2) is 5.82 Å².